The van der Waals surface area contributed by atoms with Crippen LogP contribution in [0.1, 0.15) is 10.4 Å². The van der Waals surface area contributed by atoms with E-state index in [0.717, 1.165) is 10.6 Å². The number of hydrogen-bond donors (Lipinski definition) is 1. The van der Waals surface area contributed by atoms with Crippen LogP contribution in [-0.2, 0) is 19.9 Å². The van der Waals surface area contributed by atoms with Crippen LogP contribution in [0.5, 0.6) is 0 Å². The first-order valence-electron chi connectivity index (χ1n) is 7.16. The van der Waals surface area contributed by atoms with E-state index in [1.165, 1.54) is 56.6 Å². The summed E-state index contributed by atoms with van der Waals surface area (Å²) in [6, 6.07) is 11.4. The third-order valence-corrected chi connectivity index (χ3v) is 6.35. The second-order valence-corrected chi connectivity index (χ2v) is 9.73. The molecule has 7 nitrogen and oxygen atoms in total. The Kier molecular flexibility index (Phi) is 5.31. The molecule has 0 aliphatic carbocycles. The number of carbonyl (C=O) groups excluding carboxylic acids is 1. The van der Waals surface area contributed by atoms with Crippen molar-refractivity contribution in [1.29, 1.82) is 0 Å². The minimum absolute atomic E-state index is 0.0770. The average Bonchev–Trinajstić information content (AvgIpc) is 2.54. The van der Waals surface area contributed by atoms with Crippen molar-refractivity contribution in [3.63, 3.8) is 0 Å². The third kappa shape index (κ3) is 4.44. The number of rotatable bonds is 5. The molecule has 9 heteroatoms. The van der Waals surface area contributed by atoms with Gasteiger partial charge in [0.2, 0.25) is 10.0 Å². The molecule has 2 aromatic rings. The van der Waals surface area contributed by atoms with Crippen LogP contribution in [0.3, 0.4) is 0 Å². The van der Waals surface area contributed by atoms with Crippen LogP contribution < -0.4 is 5.32 Å². The summed E-state index contributed by atoms with van der Waals surface area (Å²) < 4.78 is 48.2. The summed E-state index contributed by atoms with van der Waals surface area (Å²) in [6.45, 7) is 0. The lowest BCUT2D eigenvalue weighted by Gasteiger charge is -2.12. The van der Waals surface area contributed by atoms with Gasteiger partial charge in [-0.1, -0.05) is 6.07 Å². The second-order valence-electron chi connectivity index (χ2n) is 5.57. The van der Waals surface area contributed by atoms with Crippen LogP contribution in [-0.4, -0.2) is 47.4 Å². The van der Waals surface area contributed by atoms with Crippen LogP contribution in [0, 0.1) is 0 Å². The van der Waals surface area contributed by atoms with Crippen molar-refractivity contribution in [2.24, 2.45) is 0 Å². The van der Waals surface area contributed by atoms with E-state index in [1.54, 1.807) is 6.07 Å². The van der Waals surface area contributed by atoms with E-state index in [9.17, 15) is 21.6 Å². The van der Waals surface area contributed by atoms with Gasteiger partial charge >= 0.3 is 0 Å². The second kappa shape index (κ2) is 6.95. The quantitative estimate of drug-likeness (QED) is 0.846. The van der Waals surface area contributed by atoms with Gasteiger partial charge in [-0.05, 0) is 42.5 Å². The number of amides is 1. The van der Waals surface area contributed by atoms with Crippen molar-refractivity contribution < 1.29 is 21.6 Å². The molecule has 2 aromatic carbocycles. The van der Waals surface area contributed by atoms with Gasteiger partial charge in [-0.3, -0.25) is 4.79 Å². The zero-order chi connectivity index (χ0) is 18.8. The fourth-order valence-electron chi connectivity index (χ4n) is 2.00. The molecule has 0 aliphatic heterocycles. The number of anilines is 1. The van der Waals surface area contributed by atoms with Gasteiger partial charge in [0, 0.05) is 31.6 Å². The van der Waals surface area contributed by atoms with Crippen LogP contribution in [0.25, 0.3) is 0 Å². The molecule has 134 valence electrons. The molecule has 0 heterocycles. The highest BCUT2D eigenvalue weighted by atomic mass is 32.2. The Morgan fingerprint density at radius 1 is 0.920 bits per heavy atom. The summed E-state index contributed by atoms with van der Waals surface area (Å²) in [6.07, 6.45) is 1.08. The Balaban J connectivity index is 2.23. The molecule has 0 aromatic heterocycles. The van der Waals surface area contributed by atoms with Crippen molar-refractivity contribution >= 4 is 31.5 Å². The van der Waals surface area contributed by atoms with Crippen LogP contribution >= 0.6 is 0 Å². The fraction of sp³-hybridized carbons (Fsp3) is 0.188. The number of nitrogens with one attached hydrogen (secondary N) is 1. The van der Waals surface area contributed by atoms with Crippen molar-refractivity contribution in [3.8, 4) is 0 Å². The summed E-state index contributed by atoms with van der Waals surface area (Å²) in [5.41, 5.74) is 0.584. The van der Waals surface area contributed by atoms with E-state index < -0.39 is 25.8 Å². The average molecular weight is 382 g/mol. The van der Waals surface area contributed by atoms with Crippen molar-refractivity contribution in [1.82, 2.24) is 4.31 Å². The number of carbonyl (C=O) groups is 1. The van der Waals surface area contributed by atoms with Crippen LogP contribution in [0.15, 0.2) is 58.3 Å². The van der Waals surface area contributed by atoms with Gasteiger partial charge in [-0.25, -0.2) is 21.1 Å². The van der Waals surface area contributed by atoms with Gasteiger partial charge in [-0.15, -0.1) is 0 Å². The van der Waals surface area contributed by atoms with Crippen molar-refractivity contribution in [2.75, 3.05) is 25.7 Å². The monoisotopic (exact) mass is 382 g/mol. The standard InChI is InChI=1S/C16H18N2O5S2/c1-18(2)25(22,23)14-9-7-12(8-10-14)16(19)17-13-5-4-6-15(11-13)24(3,20)21/h4-11H,1-3H3,(H,17,19). The molecule has 0 spiro atoms. The Hall–Kier alpha value is -2.23. The highest BCUT2D eigenvalue weighted by Gasteiger charge is 2.17. The maximum atomic E-state index is 12.2. The van der Waals surface area contributed by atoms with E-state index in [2.05, 4.69) is 5.32 Å². The highest BCUT2D eigenvalue weighted by Crippen LogP contribution is 2.18. The largest absolute Gasteiger partial charge is 0.322 e. The number of sulfone groups is 1. The van der Waals surface area contributed by atoms with Crippen LogP contribution in [0.2, 0.25) is 0 Å². The number of benzene rings is 2. The topological polar surface area (TPSA) is 101 Å². The Labute approximate surface area is 147 Å². The Bertz CT molecular complexity index is 995. The highest BCUT2D eigenvalue weighted by molar-refractivity contribution is 7.90. The lowest BCUT2D eigenvalue weighted by Crippen LogP contribution is -2.22. The molecule has 0 saturated heterocycles. The molecule has 0 radical (unpaired) electrons. The van der Waals surface area contributed by atoms with Crippen LogP contribution in [0.4, 0.5) is 5.69 Å². The fourth-order valence-corrected chi connectivity index (χ4v) is 3.57. The van der Waals surface area contributed by atoms with E-state index in [4.69, 9.17) is 0 Å². The smallest absolute Gasteiger partial charge is 0.255 e. The molecule has 0 atom stereocenters. The van der Waals surface area contributed by atoms with E-state index in [0.29, 0.717) is 5.69 Å². The molecule has 1 amide bonds. The molecule has 25 heavy (non-hydrogen) atoms. The maximum Gasteiger partial charge on any atom is 0.255 e. The van der Waals surface area contributed by atoms with Gasteiger partial charge in [0.05, 0.1) is 9.79 Å². The first-order chi connectivity index (χ1) is 11.5. The number of sulfonamides is 1. The molecular weight excluding hydrogens is 364 g/mol. The number of hydrogen-bond acceptors (Lipinski definition) is 5. The van der Waals surface area contributed by atoms with Gasteiger partial charge in [0.1, 0.15) is 0 Å². The maximum absolute atomic E-state index is 12.2. The summed E-state index contributed by atoms with van der Waals surface area (Å²) in [5.74, 6) is -0.473. The van der Waals surface area contributed by atoms with Crippen molar-refractivity contribution in [3.05, 3.63) is 54.1 Å². The van der Waals surface area contributed by atoms with Gasteiger partial charge in [-0.2, -0.15) is 0 Å². The summed E-state index contributed by atoms with van der Waals surface area (Å²) in [5, 5.41) is 2.59. The number of nitrogens with zero attached hydrogens (tertiary/aromatic N) is 1. The Morgan fingerprint density at radius 2 is 1.52 bits per heavy atom. The predicted octanol–water partition coefficient (Wildman–Crippen LogP) is 1.59. The summed E-state index contributed by atoms with van der Waals surface area (Å²) in [4.78, 5) is 12.4. The van der Waals surface area contributed by atoms with E-state index in [1.807, 2.05) is 0 Å². The van der Waals surface area contributed by atoms with E-state index in [-0.39, 0.29) is 15.4 Å². The first kappa shape index (κ1) is 19.1. The van der Waals surface area contributed by atoms with Gasteiger partial charge < -0.3 is 5.32 Å². The third-order valence-electron chi connectivity index (χ3n) is 3.42. The molecule has 0 aliphatic rings. The Morgan fingerprint density at radius 3 is 2.04 bits per heavy atom. The minimum atomic E-state index is -3.57. The van der Waals surface area contributed by atoms with E-state index >= 15 is 0 Å². The normalized spacial score (nSPS) is 12.2. The lowest BCUT2D eigenvalue weighted by molar-refractivity contribution is 0.102. The first-order valence-corrected chi connectivity index (χ1v) is 10.5. The van der Waals surface area contributed by atoms with Crippen molar-refractivity contribution in [2.45, 2.75) is 9.79 Å². The molecule has 2 rings (SSSR count). The summed E-state index contributed by atoms with van der Waals surface area (Å²) >= 11 is 0. The molecule has 0 fully saturated rings. The minimum Gasteiger partial charge on any atom is -0.322 e. The van der Waals surface area contributed by atoms with Gasteiger partial charge in [0.25, 0.3) is 5.91 Å². The zero-order valence-corrected chi connectivity index (χ0v) is 15.6. The van der Waals surface area contributed by atoms with Gasteiger partial charge in [0.15, 0.2) is 9.84 Å². The molecule has 0 bridgehead atoms. The molecule has 0 saturated carbocycles. The predicted molar refractivity (Wildman–Crippen MR) is 94.8 cm³/mol. The lowest BCUT2D eigenvalue weighted by atomic mass is 10.2. The molecular formula is C16H18N2O5S2. The molecule has 0 unspecified atom stereocenters. The summed E-state index contributed by atoms with van der Waals surface area (Å²) in [7, 11) is -4.10. The SMILES string of the molecule is CN(C)S(=O)(=O)c1ccc(C(=O)Nc2cccc(S(C)(=O)=O)c2)cc1. The zero-order valence-electron chi connectivity index (χ0n) is 13.9. The molecule has 1 N–H and O–H groups in total.